The normalized spacial score (nSPS) is 15.6. The number of amides is 4. The zero-order chi connectivity index (χ0) is 72.9. The molecular formula is C72H98F2N10O15S2. The van der Waals surface area contributed by atoms with Crippen LogP contribution in [0.25, 0.3) is 21.8 Å². The van der Waals surface area contributed by atoms with Crippen molar-refractivity contribution in [2.24, 2.45) is 11.8 Å². The second kappa shape index (κ2) is 37.7. The summed E-state index contributed by atoms with van der Waals surface area (Å²) >= 11 is 3.11. The van der Waals surface area contributed by atoms with Gasteiger partial charge in [-0.15, -0.1) is 0 Å². The number of carbonyl (C=O) groups is 8. The molecule has 6 aromatic rings. The number of carboxylic acid groups (broad SMARTS) is 1. The third kappa shape index (κ3) is 21.8. The summed E-state index contributed by atoms with van der Waals surface area (Å²) < 4.78 is 50.1. The second-order valence-corrected chi connectivity index (χ2v) is 27.9. The minimum Gasteiger partial charge on any atom is -0.477 e. The summed E-state index contributed by atoms with van der Waals surface area (Å²) in [4.78, 5) is 127. The first-order valence-electron chi connectivity index (χ1n) is 33.8. The van der Waals surface area contributed by atoms with Crippen LogP contribution in [0.3, 0.4) is 0 Å². The van der Waals surface area contributed by atoms with Crippen LogP contribution in [0.4, 0.5) is 20.2 Å². The molecule has 4 unspecified atom stereocenters. The molecule has 4 amide bonds. The summed E-state index contributed by atoms with van der Waals surface area (Å²) in [6, 6.07) is 15.7. The Hall–Kier alpha value is -8.90. The molecule has 4 aliphatic rings. The van der Waals surface area contributed by atoms with Crippen molar-refractivity contribution in [3.05, 3.63) is 140 Å². The molecular weight excluding hydrogens is 1350 g/mol. The van der Waals surface area contributed by atoms with E-state index in [1.54, 1.807) is 72.4 Å². The van der Waals surface area contributed by atoms with Crippen LogP contribution in [0.1, 0.15) is 129 Å². The Labute approximate surface area is 598 Å². The standard InChI is InChI=1S/C36H44FN5O7S.C19H28N2O5S.C17H18FN3O3.4H2/c1-22(2)16-30(40-34(45)29(39-21-43)10-15-50-3)36(47)49-25-8-4-23(5-9-25)20-48-35(46)27-19-42(24-6-7-24)31-18-32(41-13-11-38-12-14-41)28(37)17-26(31)33(27)44;1-13(2)10-17(21-18(24)16(20-12-23)8-9-27-3)19(25)26-15-6-4-14(11-22)5-7-15;18-13-7-11-14(8-15(13)20-5-3-19-4-6-20)21(10-1-2-10)9-12(16(11)22)17(23)24;;;;/h4-5,8-9,17-19,21-22,24,29-30,38H,6-7,10-16,20H2,1-3H3,(H,39,43)(H,40,45);4-7,12-13,16-17,22H,8-11H2,1-3H3,(H,20,23)(H,21,24);7-10,19H,1-6H2,(H,23,24);4*1H. The number of hydrogen-bond donors (Lipinski definition) is 8. The SMILES string of the molecule is CSCCC(NC=O)C(=O)NC(CC(C)C)C(=O)Oc1ccc(CO)cc1.CSCCC(NC=O)C(=O)NC(CC(C)C)C(=O)Oc1ccc(COC(=O)c2cn(C3CC3)c3cc(N4CCNCC4)c(F)cc3c2=O)cc1.O=C(O)c1cn(C2CC2)c2cc(N3CCNCC3)c(F)cc2c1=O.[HH].[HH].[HH].[HH]. The van der Waals surface area contributed by atoms with Gasteiger partial charge in [0.15, 0.2) is 0 Å². The lowest BCUT2D eigenvalue weighted by molar-refractivity contribution is -0.140. The van der Waals surface area contributed by atoms with Crippen molar-refractivity contribution < 1.29 is 77.3 Å². The number of thioether (sulfide) groups is 2. The molecule has 2 aromatic heterocycles. The minimum absolute atomic E-state index is 0. The summed E-state index contributed by atoms with van der Waals surface area (Å²) in [6.07, 6.45) is 13.0. The van der Waals surface area contributed by atoms with Crippen LogP contribution in [-0.4, -0.2) is 168 Å². The van der Waals surface area contributed by atoms with Crippen LogP contribution in [0, 0.1) is 23.5 Å². The highest BCUT2D eigenvalue weighted by molar-refractivity contribution is 7.98. The number of halogens is 2. The van der Waals surface area contributed by atoms with Gasteiger partial charge in [0.1, 0.15) is 65.0 Å². The topological polar surface area (TPSA) is 327 Å². The zero-order valence-electron chi connectivity index (χ0n) is 57.6. The van der Waals surface area contributed by atoms with Crippen molar-refractivity contribution in [3.8, 4) is 11.5 Å². The van der Waals surface area contributed by atoms with E-state index in [2.05, 4.69) is 31.9 Å². The highest BCUT2D eigenvalue weighted by Gasteiger charge is 2.33. The molecule has 4 aromatic carbocycles. The highest BCUT2D eigenvalue weighted by atomic mass is 32.2. The Balaban J connectivity index is 0.000000359. The number of aromatic carboxylic acids is 1. The first-order valence-corrected chi connectivity index (χ1v) is 36.6. The van der Waals surface area contributed by atoms with E-state index in [1.807, 2.05) is 59.1 Å². The number of aromatic nitrogens is 2. The molecule has 2 aliphatic heterocycles. The van der Waals surface area contributed by atoms with Gasteiger partial charge in [0.2, 0.25) is 35.5 Å². The molecule has 0 spiro atoms. The van der Waals surface area contributed by atoms with Crippen molar-refractivity contribution >= 4 is 105 Å². The Morgan fingerprint density at radius 1 is 0.604 bits per heavy atom. The average Bonchev–Trinajstić information content (AvgIpc) is 1.53. The fraction of sp³-hybridized carbons (Fsp3) is 0.472. The van der Waals surface area contributed by atoms with Gasteiger partial charge in [0, 0.05) is 93.3 Å². The largest absolute Gasteiger partial charge is 0.477 e. The molecule has 29 heteroatoms. The smallest absolute Gasteiger partial charge is 0.343 e. The predicted molar refractivity (Wildman–Crippen MR) is 392 cm³/mol. The molecule has 0 bridgehead atoms. The van der Waals surface area contributed by atoms with Crippen LogP contribution in [0.15, 0.2) is 94.8 Å². The van der Waals surface area contributed by atoms with Crippen LogP contribution < -0.4 is 62.0 Å². The molecule has 10 rings (SSSR count). The van der Waals surface area contributed by atoms with Gasteiger partial charge >= 0.3 is 23.9 Å². The molecule has 4 atom stereocenters. The summed E-state index contributed by atoms with van der Waals surface area (Å²) in [5.74, 6) is -3.03. The van der Waals surface area contributed by atoms with Gasteiger partial charge in [0.05, 0.1) is 29.0 Å². The Morgan fingerprint density at radius 3 is 1.37 bits per heavy atom. The number of nitrogens with zero attached hydrogens (tertiary/aromatic N) is 4. The van der Waals surface area contributed by atoms with Gasteiger partial charge in [-0.3, -0.25) is 28.8 Å². The van der Waals surface area contributed by atoms with E-state index < -0.39 is 82.4 Å². The van der Waals surface area contributed by atoms with Crippen LogP contribution in [-0.2, 0) is 46.7 Å². The van der Waals surface area contributed by atoms with Crippen molar-refractivity contribution in [2.75, 3.05) is 86.2 Å². The van der Waals surface area contributed by atoms with Gasteiger partial charge < -0.3 is 75.3 Å². The molecule has 552 valence electrons. The van der Waals surface area contributed by atoms with Gasteiger partial charge in [-0.25, -0.2) is 28.0 Å². The molecule has 25 nitrogen and oxygen atoms in total. The third-order valence-electron chi connectivity index (χ3n) is 17.3. The fourth-order valence-corrected chi connectivity index (χ4v) is 12.6. The van der Waals surface area contributed by atoms with E-state index in [9.17, 15) is 57.4 Å². The zero-order valence-corrected chi connectivity index (χ0v) is 59.2. The maximum Gasteiger partial charge on any atom is 0.343 e. The minimum atomic E-state index is -1.28. The number of fused-ring (bicyclic) bond motifs is 2. The Morgan fingerprint density at radius 2 is 1.00 bits per heavy atom. The fourth-order valence-electron chi connectivity index (χ4n) is 11.7. The molecule has 4 fully saturated rings. The predicted octanol–water partition coefficient (Wildman–Crippen LogP) is 7.60. The number of rotatable bonds is 31. The van der Waals surface area contributed by atoms with E-state index in [0.717, 1.165) is 51.9 Å². The first kappa shape index (κ1) is 77.8. The molecule has 0 radical (unpaired) electrons. The summed E-state index contributed by atoms with van der Waals surface area (Å²) in [5.41, 5.74) is 1.73. The number of esters is 3. The van der Waals surface area contributed by atoms with E-state index in [1.165, 1.54) is 36.3 Å². The number of anilines is 2. The molecule has 2 saturated heterocycles. The van der Waals surface area contributed by atoms with Gasteiger partial charge in [-0.2, -0.15) is 23.5 Å². The third-order valence-corrected chi connectivity index (χ3v) is 18.6. The van der Waals surface area contributed by atoms with Gasteiger partial charge in [-0.1, -0.05) is 52.0 Å². The lowest BCUT2D eigenvalue weighted by atomic mass is 10.0. The molecule has 2 saturated carbocycles. The molecule has 8 N–H and O–H groups in total. The molecule has 4 heterocycles. The highest BCUT2D eigenvalue weighted by Crippen LogP contribution is 2.40. The monoisotopic (exact) mass is 1440 g/mol. The van der Waals surface area contributed by atoms with E-state index in [4.69, 9.17) is 19.3 Å². The first-order chi connectivity index (χ1) is 48.6. The van der Waals surface area contributed by atoms with Gasteiger partial charge in [-0.05, 0) is 147 Å². The van der Waals surface area contributed by atoms with Crippen LogP contribution >= 0.6 is 23.5 Å². The molecule has 2 aliphatic carbocycles. The molecule has 101 heavy (non-hydrogen) atoms. The van der Waals surface area contributed by atoms with Crippen molar-refractivity contribution in [1.82, 2.24) is 41.0 Å². The maximum atomic E-state index is 15.3. The number of carboxylic acids is 1. The van der Waals surface area contributed by atoms with E-state index >= 15 is 4.39 Å². The number of aliphatic hydroxyl groups is 1. The maximum absolute atomic E-state index is 15.3. The van der Waals surface area contributed by atoms with E-state index in [-0.39, 0.29) is 70.5 Å². The average molecular weight is 1450 g/mol. The quantitative estimate of drug-likeness (QED) is 0.0118. The lowest BCUT2D eigenvalue weighted by Crippen LogP contribution is -2.51. The van der Waals surface area contributed by atoms with Crippen molar-refractivity contribution in [2.45, 2.75) is 129 Å². The number of ether oxygens (including phenoxy) is 3. The van der Waals surface area contributed by atoms with E-state index in [0.29, 0.717) is 115 Å². The number of nitrogens with one attached hydrogen (secondary N) is 6. The number of carbonyl (C=O) groups excluding carboxylic acids is 7. The number of aliphatic hydroxyl groups excluding tert-OH is 1. The Kier molecular flexibility index (Phi) is 29.0. The van der Waals surface area contributed by atoms with Crippen LogP contribution in [0.2, 0.25) is 0 Å². The summed E-state index contributed by atoms with van der Waals surface area (Å²) in [7, 11) is 0. The second-order valence-electron chi connectivity index (χ2n) is 25.9. The van der Waals surface area contributed by atoms with Crippen molar-refractivity contribution in [3.63, 3.8) is 0 Å². The van der Waals surface area contributed by atoms with Crippen LogP contribution in [0.5, 0.6) is 11.5 Å². The Bertz CT molecular complexity index is 4030. The summed E-state index contributed by atoms with van der Waals surface area (Å²) in [5, 5.41) is 35.5. The van der Waals surface area contributed by atoms with Gasteiger partial charge in [0.25, 0.3) is 0 Å². The van der Waals surface area contributed by atoms with Crippen molar-refractivity contribution in [1.29, 1.82) is 0 Å². The number of piperazine rings is 2. The number of hydrogen-bond acceptors (Lipinski definition) is 20. The lowest BCUT2D eigenvalue weighted by Gasteiger charge is -2.30. The number of pyridine rings is 2. The number of benzene rings is 4. The summed E-state index contributed by atoms with van der Waals surface area (Å²) in [6.45, 7) is 13.2.